The number of hydrogen-bond donors (Lipinski definition) is 2. The Labute approximate surface area is 202 Å². The lowest BCUT2D eigenvalue weighted by Gasteiger charge is -2.36. The van der Waals surface area contributed by atoms with Crippen LogP contribution >= 0.6 is 0 Å². The summed E-state index contributed by atoms with van der Waals surface area (Å²) in [5, 5.41) is 22.4. The first kappa shape index (κ1) is 23.8. The van der Waals surface area contributed by atoms with Gasteiger partial charge in [-0.15, -0.1) is 13.2 Å². The maximum absolute atomic E-state index is 11.7. The first-order valence-electron chi connectivity index (χ1n) is 11.8. The normalized spacial score (nSPS) is 15.1. The summed E-state index contributed by atoms with van der Waals surface area (Å²) in [5.41, 5.74) is 6.45. The van der Waals surface area contributed by atoms with E-state index in [-0.39, 0.29) is 17.5 Å². The van der Waals surface area contributed by atoms with E-state index in [1.54, 1.807) is 6.07 Å². The molecule has 0 saturated carbocycles. The molecule has 3 aromatic carbocycles. The minimum atomic E-state index is -0.133. The molecule has 176 valence electrons. The molecule has 1 atom stereocenters. The molecule has 4 rings (SSSR count). The van der Waals surface area contributed by atoms with E-state index in [1.165, 1.54) is 5.56 Å². The van der Waals surface area contributed by atoms with Crippen LogP contribution in [0.5, 0.6) is 11.5 Å². The van der Waals surface area contributed by atoms with Crippen molar-refractivity contribution in [2.45, 2.75) is 25.8 Å². The number of rotatable bonds is 8. The Kier molecular flexibility index (Phi) is 7.51. The average Bonchev–Trinajstić information content (AvgIpc) is 2.84. The van der Waals surface area contributed by atoms with Crippen LogP contribution in [0.25, 0.3) is 11.1 Å². The van der Waals surface area contributed by atoms with E-state index in [0.29, 0.717) is 37.2 Å². The van der Waals surface area contributed by atoms with Crippen molar-refractivity contribution < 1.29 is 14.9 Å². The van der Waals surface area contributed by atoms with Gasteiger partial charge in [0.05, 0.1) is 19.3 Å². The highest BCUT2D eigenvalue weighted by molar-refractivity contribution is 5.78. The number of nitrogens with zero attached hydrogens (tertiary/aromatic N) is 1. The molecule has 1 saturated heterocycles. The van der Waals surface area contributed by atoms with Gasteiger partial charge < -0.3 is 14.9 Å². The van der Waals surface area contributed by atoms with Crippen molar-refractivity contribution >= 4 is 0 Å². The third-order valence-electron chi connectivity index (χ3n) is 6.41. The number of hydrogen-bond acceptors (Lipinski definition) is 4. The predicted molar refractivity (Wildman–Crippen MR) is 138 cm³/mol. The van der Waals surface area contributed by atoms with E-state index in [1.807, 2.05) is 30.4 Å². The molecule has 0 amide bonds. The summed E-state index contributed by atoms with van der Waals surface area (Å²) in [7, 11) is 0. The van der Waals surface area contributed by atoms with Crippen LogP contribution in [0.3, 0.4) is 0 Å². The molecule has 1 fully saturated rings. The third kappa shape index (κ3) is 5.09. The lowest BCUT2D eigenvalue weighted by Crippen LogP contribution is -2.39. The van der Waals surface area contributed by atoms with Gasteiger partial charge in [0.15, 0.2) is 0 Å². The van der Waals surface area contributed by atoms with E-state index in [0.717, 1.165) is 35.3 Å². The van der Waals surface area contributed by atoms with Gasteiger partial charge in [0.2, 0.25) is 0 Å². The van der Waals surface area contributed by atoms with Crippen LogP contribution in [0.4, 0.5) is 0 Å². The number of allylic oxidation sites excluding steroid dienone is 2. The van der Waals surface area contributed by atoms with Gasteiger partial charge in [-0.1, -0.05) is 48.0 Å². The summed E-state index contributed by atoms with van der Waals surface area (Å²) in [6.45, 7) is 12.7. The summed E-state index contributed by atoms with van der Waals surface area (Å²) in [5.74, 6) is 0.332. The fraction of sp³-hybridized carbons (Fsp3) is 0.267. The molecule has 0 bridgehead atoms. The van der Waals surface area contributed by atoms with Gasteiger partial charge in [0.1, 0.15) is 11.5 Å². The fourth-order valence-corrected chi connectivity index (χ4v) is 4.68. The van der Waals surface area contributed by atoms with Gasteiger partial charge in [-0.25, -0.2) is 0 Å². The second-order valence-electron chi connectivity index (χ2n) is 8.88. The van der Waals surface area contributed by atoms with Crippen LogP contribution in [0.2, 0.25) is 0 Å². The minimum Gasteiger partial charge on any atom is -0.507 e. The Balaban J connectivity index is 1.92. The molecule has 1 heterocycles. The molecule has 34 heavy (non-hydrogen) atoms. The molecule has 0 aromatic heterocycles. The highest BCUT2D eigenvalue weighted by Crippen LogP contribution is 2.44. The Morgan fingerprint density at radius 2 is 1.53 bits per heavy atom. The standard InChI is InChI=1S/C30H33NO3/c1-4-6-22-10-13-28(32)25(18-22)26-19-23(7-5-2)20-27(30(26)33)29(31-14-16-34-17-15-31)24-11-8-21(3)9-12-24/h4-5,8-13,18-20,29,32-33H,1-2,6-7,14-17H2,3H3. The van der Waals surface area contributed by atoms with Crippen LogP contribution in [0.1, 0.15) is 33.9 Å². The third-order valence-corrected chi connectivity index (χ3v) is 6.41. The fourth-order valence-electron chi connectivity index (χ4n) is 4.68. The monoisotopic (exact) mass is 455 g/mol. The van der Waals surface area contributed by atoms with Gasteiger partial charge in [-0.3, -0.25) is 4.90 Å². The molecule has 1 aliphatic rings. The van der Waals surface area contributed by atoms with Crippen molar-refractivity contribution in [3.8, 4) is 22.6 Å². The molecule has 0 radical (unpaired) electrons. The molecule has 1 aliphatic heterocycles. The summed E-state index contributed by atoms with van der Waals surface area (Å²) in [6.07, 6.45) is 5.05. The van der Waals surface area contributed by atoms with Gasteiger partial charge in [-0.2, -0.15) is 0 Å². The Hall–Kier alpha value is -3.34. The number of aryl methyl sites for hydroxylation is 1. The Bertz CT molecular complexity index is 1160. The summed E-state index contributed by atoms with van der Waals surface area (Å²) < 4.78 is 5.62. The second-order valence-corrected chi connectivity index (χ2v) is 8.88. The molecule has 2 N–H and O–H groups in total. The van der Waals surface area contributed by atoms with E-state index < -0.39 is 0 Å². The van der Waals surface area contributed by atoms with Crippen LogP contribution in [0.15, 0.2) is 79.9 Å². The van der Waals surface area contributed by atoms with Crippen LogP contribution in [0, 0.1) is 6.92 Å². The Morgan fingerprint density at radius 1 is 0.882 bits per heavy atom. The highest BCUT2D eigenvalue weighted by atomic mass is 16.5. The zero-order valence-electron chi connectivity index (χ0n) is 19.8. The molecule has 0 aliphatic carbocycles. The molecule has 1 unspecified atom stereocenters. The lowest BCUT2D eigenvalue weighted by molar-refractivity contribution is 0.0235. The summed E-state index contributed by atoms with van der Waals surface area (Å²) in [4.78, 5) is 2.36. The maximum atomic E-state index is 11.7. The number of morpholine rings is 1. The van der Waals surface area contributed by atoms with Crippen molar-refractivity contribution in [1.82, 2.24) is 4.90 Å². The summed E-state index contributed by atoms with van der Waals surface area (Å²) in [6, 6.07) is 17.9. The summed E-state index contributed by atoms with van der Waals surface area (Å²) >= 11 is 0. The Morgan fingerprint density at radius 3 is 2.21 bits per heavy atom. The quantitative estimate of drug-likeness (QED) is 0.412. The van der Waals surface area contributed by atoms with Crippen LogP contribution < -0.4 is 0 Å². The molecule has 3 aromatic rings. The predicted octanol–water partition coefficient (Wildman–Crippen LogP) is 5.95. The number of ether oxygens (including phenoxy) is 1. The van der Waals surface area contributed by atoms with Gasteiger partial charge in [-0.05, 0) is 60.7 Å². The van der Waals surface area contributed by atoms with Crippen molar-refractivity contribution in [1.29, 1.82) is 0 Å². The largest absolute Gasteiger partial charge is 0.507 e. The first-order chi connectivity index (χ1) is 16.5. The SMILES string of the molecule is C=CCc1ccc(O)c(-c2cc(CC=C)cc(C(c3ccc(C)cc3)N3CCOCC3)c2O)c1. The average molecular weight is 456 g/mol. The number of phenolic OH excluding ortho intramolecular Hbond substituents is 2. The number of aromatic hydroxyl groups is 2. The van der Waals surface area contributed by atoms with Crippen molar-refractivity contribution in [2.24, 2.45) is 0 Å². The van der Waals surface area contributed by atoms with E-state index in [2.05, 4.69) is 55.3 Å². The van der Waals surface area contributed by atoms with Crippen molar-refractivity contribution in [3.05, 3.63) is 108 Å². The van der Waals surface area contributed by atoms with E-state index >= 15 is 0 Å². The zero-order chi connectivity index (χ0) is 24.1. The second kappa shape index (κ2) is 10.7. The molecular weight excluding hydrogens is 422 g/mol. The van der Waals surface area contributed by atoms with E-state index in [9.17, 15) is 10.2 Å². The van der Waals surface area contributed by atoms with E-state index in [4.69, 9.17) is 4.74 Å². The maximum Gasteiger partial charge on any atom is 0.128 e. The van der Waals surface area contributed by atoms with Gasteiger partial charge in [0, 0.05) is 29.8 Å². The molecule has 0 spiro atoms. The molecular formula is C30H33NO3. The smallest absolute Gasteiger partial charge is 0.128 e. The van der Waals surface area contributed by atoms with Crippen LogP contribution in [-0.2, 0) is 17.6 Å². The number of benzene rings is 3. The van der Waals surface area contributed by atoms with Gasteiger partial charge in [0.25, 0.3) is 0 Å². The van der Waals surface area contributed by atoms with Crippen LogP contribution in [-0.4, -0.2) is 41.4 Å². The van der Waals surface area contributed by atoms with Crippen molar-refractivity contribution in [3.63, 3.8) is 0 Å². The number of phenols is 2. The van der Waals surface area contributed by atoms with Gasteiger partial charge >= 0.3 is 0 Å². The minimum absolute atomic E-state index is 0.133. The van der Waals surface area contributed by atoms with Crippen molar-refractivity contribution in [2.75, 3.05) is 26.3 Å². The lowest BCUT2D eigenvalue weighted by atomic mass is 9.88. The topological polar surface area (TPSA) is 52.9 Å². The first-order valence-corrected chi connectivity index (χ1v) is 11.8. The highest BCUT2D eigenvalue weighted by Gasteiger charge is 2.28. The molecule has 4 nitrogen and oxygen atoms in total. The zero-order valence-corrected chi connectivity index (χ0v) is 19.8. The molecule has 4 heteroatoms.